The van der Waals surface area contributed by atoms with Crippen LogP contribution in [0, 0.1) is 5.92 Å². The van der Waals surface area contributed by atoms with Crippen LogP contribution in [-0.4, -0.2) is 25.9 Å². The average molecular weight is 282 g/mol. The topological polar surface area (TPSA) is 81.8 Å². The van der Waals surface area contributed by atoms with E-state index in [9.17, 15) is 4.79 Å². The van der Waals surface area contributed by atoms with Crippen LogP contribution in [0.3, 0.4) is 0 Å². The highest BCUT2D eigenvalue weighted by Crippen LogP contribution is 2.20. The Morgan fingerprint density at radius 1 is 1.19 bits per heavy atom. The second-order valence-electron chi connectivity index (χ2n) is 5.07. The van der Waals surface area contributed by atoms with Gasteiger partial charge in [-0.25, -0.2) is 0 Å². The van der Waals surface area contributed by atoms with E-state index in [-0.39, 0.29) is 18.1 Å². The largest absolute Gasteiger partial charge is 0.339 e. The Hall–Kier alpha value is -2.63. The molecule has 0 bridgehead atoms. The number of nitrogens with zero attached hydrogens (tertiary/aromatic N) is 4. The number of rotatable bonds is 4. The molecule has 0 aliphatic rings. The van der Waals surface area contributed by atoms with E-state index in [0.717, 1.165) is 16.6 Å². The molecule has 21 heavy (non-hydrogen) atoms. The Morgan fingerprint density at radius 3 is 2.71 bits per heavy atom. The predicted molar refractivity (Wildman–Crippen MR) is 76.4 cm³/mol. The zero-order valence-corrected chi connectivity index (χ0v) is 11.8. The molecule has 0 spiro atoms. The van der Waals surface area contributed by atoms with Crippen LogP contribution < -0.4 is 0 Å². The van der Waals surface area contributed by atoms with Gasteiger partial charge in [0.05, 0.1) is 17.5 Å². The van der Waals surface area contributed by atoms with Gasteiger partial charge < -0.3 is 4.52 Å². The molecule has 0 atom stereocenters. The summed E-state index contributed by atoms with van der Waals surface area (Å²) in [6.07, 6.45) is 3.44. The van der Waals surface area contributed by atoms with Crippen molar-refractivity contribution < 1.29 is 9.32 Å². The van der Waals surface area contributed by atoms with Gasteiger partial charge in [-0.15, -0.1) is 0 Å². The van der Waals surface area contributed by atoms with Crippen molar-refractivity contribution in [2.45, 2.75) is 20.3 Å². The van der Waals surface area contributed by atoms with Crippen molar-refractivity contribution in [2.24, 2.45) is 5.92 Å². The van der Waals surface area contributed by atoms with Crippen LogP contribution in [0.1, 0.15) is 19.7 Å². The summed E-state index contributed by atoms with van der Waals surface area (Å²) >= 11 is 0. The van der Waals surface area contributed by atoms with E-state index in [1.165, 1.54) is 0 Å². The maximum atomic E-state index is 11.7. The Labute approximate surface area is 121 Å². The predicted octanol–water partition coefficient (Wildman–Crippen LogP) is 2.45. The molecule has 106 valence electrons. The van der Waals surface area contributed by atoms with E-state index in [1.807, 2.05) is 32.0 Å². The van der Waals surface area contributed by atoms with Crippen LogP contribution in [0.4, 0.5) is 0 Å². The van der Waals surface area contributed by atoms with Crippen molar-refractivity contribution >= 4 is 16.8 Å². The van der Waals surface area contributed by atoms with Crippen molar-refractivity contribution in [3.05, 3.63) is 36.5 Å². The Kier molecular flexibility index (Phi) is 3.43. The molecule has 6 heteroatoms. The maximum absolute atomic E-state index is 11.7. The lowest BCUT2D eigenvalue weighted by Crippen LogP contribution is -2.10. The molecular weight excluding hydrogens is 268 g/mol. The molecule has 0 amide bonds. The van der Waals surface area contributed by atoms with Gasteiger partial charge in [0.25, 0.3) is 0 Å². The second-order valence-corrected chi connectivity index (χ2v) is 5.07. The number of carbonyl (C=O) groups is 1. The van der Waals surface area contributed by atoms with Crippen LogP contribution in [-0.2, 0) is 11.2 Å². The highest BCUT2D eigenvalue weighted by atomic mass is 16.5. The van der Waals surface area contributed by atoms with Crippen molar-refractivity contribution in [1.29, 1.82) is 0 Å². The van der Waals surface area contributed by atoms with Crippen LogP contribution >= 0.6 is 0 Å². The summed E-state index contributed by atoms with van der Waals surface area (Å²) in [5, 5.41) is 3.92. The van der Waals surface area contributed by atoms with Crippen LogP contribution in [0.5, 0.6) is 0 Å². The number of Topliss-reactive ketones (excluding diaryl/α,β-unsaturated/α-hetero) is 1. The SMILES string of the molecule is CC(C)C(=O)Cc1nc(-c2ccc3nccnc3c2)no1. The molecule has 3 aromatic rings. The minimum absolute atomic E-state index is 0.0451. The first-order valence-corrected chi connectivity index (χ1v) is 6.70. The second kappa shape index (κ2) is 5.40. The summed E-state index contributed by atoms with van der Waals surface area (Å²) in [7, 11) is 0. The van der Waals surface area contributed by atoms with E-state index in [1.54, 1.807) is 12.4 Å². The van der Waals surface area contributed by atoms with Gasteiger partial charge in [0.15, 0.2) is 0 Å². The molecule has 2 aromatic heterocycles. The summed E-state index contributed by atoms with van der Waals surface area (Å²) < 4.78 is 5.13. The Balaban J connectivity index is 1.89. The van der Waals surface area contributed by atoms with E-state index in [0.29, 0.717) is 11.7 Å². The third-order valence-corrected chi connectivity index (χ3v) is 3.17. The quantitative estimate of drug-likeness (QED) is 0.731. The lowest BCUT2D eigenvalue weighted by atomic mass is 10.1. The van der Waals surface area contributed by atoms with E-state index < -0.39 is 0 Å². The average Bonchev–Trinajstić information content (AvgIpc) is 2.95. The molecule has 0 aliphatic heterocycles. The molecule has 0 radical (unpaired) electrons. The summed E-state index contributed by atoms with van der Waals surface area (Å²) in [4.78, 5) is 24.4. The molecule has 0 saturated heterocycles. The first-order valence-electron chi connectivity index (χ1n) is 6.70. The summed E-state index contributed by atoms with van der Waals surface area (Å²) in [5.74, 6) is 0.822. The zero-order chi connectivity index (χ0) is 14.8. The summed E-state index contributed by atoms with van der Waals surface area (Å²) in [6.45, 7) is 3.70. The number of aromatic nitrogens is 4. The summed E-state index contributed by atoms with van der Waals surface area (Å²) in [5.41, 5.74) is 2.36. The van der Waals surface area contributed by atoms with Crippen molar-refractivity contribution in [2.75, 3.05) is 0 Å². The number of hydrogen-bond donors (Lipinski definition) is 0. The number of benzene rings is 1. The van der Waals surface area contributed by atoms with Crippen LogP contribution in [0.25, 0.3) is 22.4 Å². The summed E-state index contributed by atoms with van der Waals surface area (Å²) in [6, 6.07) is 5.56. The van der Waals surface area contributed by atoms with Crippen molar-refractivity contribution in [3.8, 4) is 11.4 Å². The lowest BCUT2D eigenvalue weighted by Gasteiger charge is -1.99. The molecular formula is C15H14N4O2. The highest BCUT2D eigenvalue weighted by Gasteiger charge is 2.15. The third kappa shape index (κ3) is 2.79. The van der Waals surface area contributed by atoms with Gasteiger partial charge in [-0.1, -0.05) is 19.0 Å². The molecule has 1 aromatic carbocycles. The van der Waals surface area contributed by atoms with Gasteiger partial charge in [0.1, 0.15) is 5.78 Å². The molecule has 0 fully saturated rings. The molecule has 0 unspecified atom stereocenters. The van der Waals surface area contributed by atoms with E-state index in [2.05, 4.69) is 20.1 Å². The number of fused-ring (bicyclic) bond motifs is 1. The minimum atomic E-state index is -0.0451. The first kappa shape index (κ1) is 13.4. The van der Waals surface area contributed by atoms with E-state index >= 15 is 0 Å². The molecule has 0 saturated carbocycles. The van der Waals surface area contributed by atoms with Gasteiger partial charge in [0, 0.05) is 23.9 Å². The molecule has 0 aliphatic carbocycles. The van der Waals surface area contributed by atoms with Crippen molar-refractivity contribution in [1.82, 2.24) is 20.1 Å². The monoisotopic (exact) mass is 282 g/mol. The normalized spacial score (nSPS) is 11.2. The number of hydrogen-bond acceptors (Lipinski definition) is 6. The van der Waals surface area contributed by atoms with E-state index in [4.69, 9.17) is 4.52 Å². The fourth-order valence-corrected chi connectivity index (χ4v) is 1.90. The molecule has 0 N–H and O–H groups in total. The van der Waals surface area contributed by atoms with Gasteiger partial charge in [-0.2, -0.15) is 4.98 Å². The smallest absolute Gasteiger partial charge is 0.234 e. The molecule has 6 nitrogen and oxygen atoms in total. The maximum Gasteiger partial charge on any atom is 0.234 e. The Morgan fingerprint density at radius 2 is 1.95 bits per heavy atom. The van der Waals surface area contributed by atoms with Crippen LogP contribution in [0.15, 0.2) is 35.1 Å². The lowest BCUT2D eigenvalue weighted by molar-refractivity contribution is -0.121. The van der Waals surface area contributed by atoms with Crippen molar-refractivity contribution in [3.63, 3.8) is 0 Å². The van der Waals surface area contributed by atoms with Gasteiger partial charge in [0.2, 0.25) is 11.7 Å². The third-order valence-electron chi connectivity index (χ3n) is 3.17. The van der Waals surface area contributed by atoms with Gasteiger partial charge >= 0.3 is 0 Å². The van der Waals surface area contributed by atoms with Gasteiger partial charge in [-0.05, 0) is 18.2 Å². The zero-order valence-electron chi connectivity index (χ0n) is 11.8. The minimum Gasteiger partial charge on any atom is -0.339 e. The number of carbonyl (C=O) groups excluding carboxylic acids is 1. The highest BCUT2D eigenvalue weighted by molar-refractivity contribution is 5.82. The first-order chi connectivity index (χ1) is 10.1. The Bertz CT molecular complexity index is 795. The standard InChI is InChI=1S/C15H14N4O2/c1-9(2)13(20)8-14-18-15(19-21-14)10-3-4-11-12(7-10)17-6-5-16-11/h3-7,9H,8H2,1-2H3. The molecule has 2 heterocycles. The fraction of sp³-hybridized carbons (Fsp3) is 0.267. The fourth-order valence-electron chi connectivity index (χ4n) is 1.90. The van der Waals surface area contributed by atoms with Crippen LogP contribution in [0.2, 0.25) is 0 Å². The number of ketones is 1. The molecule has 3 rings (SSSR count). The van der Waals surface area contributed by atoms with Gasteiger partial charge in [-0.3, -0.25) is 14.8 Å².